The first kappa shape index (κ1) is 17.5. The Morgan fingerprint density at radius 1 is 1.12 bits per heavy atom. The molecule has 0 unspecified atom stereocenters. The third-order valence-electron chi connectivity index (χ3n) is 3.73. The Morgan fingerprint density at radius 2 is 1.79 bits per heavy atom. The van der Waals surface area contributed by atoms with E-state index in [-0.39, 0.29) is 17.0 Å². The summed E-state index contributed by atoms with van der Waals surface area (Å²) in [6.45, 7) is 4.44. The molecule has 0 spiro atoms. The first-order valence-electron chi connectivity index (χ1n) is 7.40. The number of carbonyl (C=O) groups excluding carboxylic acids is 3. The molecule has 0 bridgehead atoms. The van der Waals surface area contributed by atoms with E-state index in [9.17, 15) is 14.4 Å². The van der Waals surface area contributed by atoms with Crippen molar-refractivity contribution in [1.82, 2.24) is 4.98 Å². The van der Waals surface area contributed by atoms with Crippen LogP contribution in [-0.2, 0) is 4.74 Å². The number of para-hydroxylation sites is 1. The minimum absolute atomic E-state index is 0.119. The molecule has 0 radical (unpaired) electrons. The summed E-state index contributed by atoms with van der Waals surface area (Å²) in [4.78, 5) is 38.9. The second kappa shape index (κ2) is 7.12. The Labute approximate surface area is 139 Å². The lowest BCUT2D eigenvalue weighted by atomic mass is 10.1. The van der Waals surface area contributed by atoms with Gasteiger partial charge in [-0.3, -0.25) is 9.59 Å². The lowest BCUT2D eigenvalue weighted by Gasteiger charge is -2.08. The number of methoxy groups -OCH3 is 1. The van der Waals surface area contributed by atoms with Gasteiger partial charge in [-0.1, -0.05) is 12.1 Å². The van der Waals surface area contributed by atoms with Crippen LogP contribution < -0.4 is 4.74 Å². The van der Waals surface area contributed by atoms with Gasteiger partial charge in [0.2, 0.25) is 5.78 Å². The van der Waals surface area contributed by atoms with E-state index in [0.717, 1.165) is 0 Å². The molecule has 1 N–H and O–H groups in total. The van der Waals surface area contributed by atoms with Gasteiger partial charge in [0.15, 0.2) is 12.4 Å². The first-order chi connectivity index (χ1) is 11.4. The minimum atomic E-state index is -0.645. The molecule has 2 aromatic rings. The van der Waals surface area contributed by atoms with Crippen molar-refractivity contribution >= 4 is 17.5 Å². The van der Waals surface area contributed by atoms with Crippen LogP contribution in [0.25, 0.3) is 0 Å². The summed E-state index contributed by atoms with van der Waals surface area (Å²) < 4.78 is 10.2. The van der Waals surface area contributed by atoms with Gasteiger partial charge in [0.25, 0.3) is 0 Å². The summed E-state index contributed by atoms with van der Waals surface area (Å²) in [7, 11) is 1.45. The highest BCUT2D eigenvalue weighted by molar-refractivity contribution is 6.04. The van der Waals surface area contributed by atoms with E-state index in [1.807, 2.05) is 0 Å². The number of nitrogens with one attached hydrogen (secondary N) is 1. The van der Waals surface area contributed by atoms with E-state index in [1.54, 1.807) is 38.1 Å². The fourth-order valence-electron chi connectivity index (χ4n) is 2.65. The SMILES string of the molecule is COc1ccccc1C(=O)OCC(=O)c1[nH]c(C)c(C(C)=O)c1C. The number of H-pyrrole nitrogens is 1. The molecule has 0 aliphatic heterocycles. The minimum Gasteiger partial charge on any atom is -0.496 e. The number of aromatic amines is 1. The van der Waals surface area contributed by atoms with Crippen LogP contribution in [0.1, 0.15) is 49.4 Å². The van der Waals surface area contributed by atoms with Crippen molar-refractivity contribution in [2.45, 2.75) is 20.8 Å². The summed E-state index contributed by atoms with van der Waals surface area (Å²) in [6.07, 6.45) is 0. The quantitative estimate of drug-likeness (QED) is 0.650. The van der Waals surface area contributed by atoms with Crippen molar-refractivity contribution in [3.63, 3.8) is 0 Å². The largest absolute Gasteiger partial charge is 0.496 e. The summed E-state index contributed by atoms with van der Waals surface area (Å²) in [5.41, 5.74) is 2.22. The summed E-state index contributed by atoms with van der Waals surface area (Å²) >= 11 is 0. The second-order valence-corrected chi connectivity index (χ2v) is 5.38. The number of benzene rings is 1. The lowest BCUT2D eigenvalue weighted by Crippen LogP contribution is -2.16. The molecule has 1 aromatic heterocycles. The molecule has 0 saturated heterocycles. The normalized spacial score (nSPS) is 10.3. The van der Waals surface area contributed by atoms with Gasteiger partial charge in [0.1, 0.15) is 11.3 Å². The molecule has 1 heterocycles. The number of aromatic nitrogens is 1. The van der Waals surface area contributed by atoms with Crippen molar-refractivity contribution in [2.75, 3.05) is 13.7 Å². The van der Waals surface area contributed by atoms with Gasteiger partial charge in [-0.05, 0) is 38.5 Å². The number of aryl methyl sites for hydroxylation is 1. The summed E-state index contributed by atoms with van der Waals surface area (Å²) in [5.74, 6) is -0.785. The van der Waals surface area contributed by atoms with Gasteiger partial charge in [0.05, 0.1) is 12.8 Å². The molecule has 0 aliphatic carbocycles. The molecule has 0 atom stereocenters. The smallest absolute Gasteiger partial charge is 0.342 e. The van der Waals surface area contributed by atoms with E-state index >= 15 is 0 Å². The summed E-state index contributed by atoms with van der Waals surface area (Å²) in [5, 5.41) is 0. The third-order valence-corrected chi connectivity index (χ3v) is 3.73. The van der Waals surface area contributed by atoms with Crippen molar-refractivity contribution < 1.29 is 23.9 Å². The topological polar surface area (TPSA) is 85.5 Å². The molecule has 1 aromatic carbocycles. The average Bonchev–Trinajstić information content (AvgIpc) is 2.86. The van der Waals surface area contributed by atoms with Gasteiger partial charge >= 0.3 is 5.97 Å². The highest BCUT2D eigenvalue weighted by Crippen LogP contribution is 2.20. The van der Waals surface area contributed by atoms with Crippen molar-refractivity contribution in [3.8, 4) is 5.75 Å². The maximum absolute atomic E-state index is 12.3. The Hall–Kier alpha value is -2.89. The van der Waals surface area contributed by atoms with E-state index in [1.165, 1.54) is 14.0 Å². The third kappa shape index (κ3) is 3.37. The standard InChI is InChI=1S/C18H19NO5/c1-10-16(12(3)20)11(2)19-17(10)14(21)9-24-18(22)13-7-5-6-8-15(13)23-4/h5-8,19H,9H2,1-4H3. The van der Waals surface area contributed by atoms with E-state index in [0.29, 0.717) is 22.6 Å². The van der Waals surface area contributed by atoms with Crippen LogP contribution in [0.5, 0.6) is 5.75 Å². The van der Waals surface area contributed by atoms with E-state index in [2.05, 4.69) is 4.98 Å². The van der Waals surface area contributed by atoms with Gasteiger partial charge < -0.3 is 14.5 Å². The number of ether oxygens (including phenoxy) is 2. The number of rotatable bonds is 6. The first-order valence-corrected chi connectivity index (χ1v) is 7.40. The maximum atomic E-state index is 12.3. The highest BCUT2D eigenvalue weighted by atomic mass is 16.5. The van der Waals surface area contributed by atoms with Crippen molar-refractivity contribution in [2.24, 2.45) is 0 Å². The van der Waals surface area contributed by atoms with Crippen LogP contribution >= 0.6 is 0 Å². The molecule has 6 nitrogen and oxygen atoms in total. The predicted octanol–water partition coefficient (Wildman–Crippen LogP) is 2.88. The molecule has 24 heavy (non-hydrogen) atoms. The monoisotopic (exact) mass is 329 g/mol. The van der Waals surface area contributed by atoms with Crippen molar-refractivity contribution in [3.05, 3.63) is 52.3 Å². The average molecular weight is 329 g/mol. The Bertz CT molecular complexity index is 804. The van der Waals surface area contributed by atoms with Gasteiger partial charge in [0, 0.05) is 11.3 Å². The molecular formula is C18H19NO5. The molecule has 6 heteroatoms. The van der Waals surface area contributed by atoms with E-state index < -0.39 is 18.4 Å². The fourth-order valence-corrected chi connectivity index (χ4v) is 2.65. The van der Waals surface area contributed by atoms with Gasteiger partial charge in [-0.15, -0.1) is 0 Å². The molecule has 0 fully saturated rings. The van der Waals surface area contributed by atoms with Crippen LogP contribution in [0.15, 0.2) is 24.3 Å². The van der Waals surface area contributed by atoms with Crippen LogP contribution in [0.2, 0.25) is 0 Å². The molecular weight excluding hydrogens is 310 g/mol. The number of ketones is 2. The number of hydrogen-bond donors (Lipinski definition) is 1. The molecule has 126 valence electrons. The van der Waals surface area contributed by atoms with E-state index in [4.69, 9.17) is 9.47 Å². The number of esters is 1. The predicted molar refractivity (Wildman–Crippen MR) is 87.9 cm³/mol. The van der Waals surface area contributed by atoms with Crippen LogP contribution in [0.4, 0.5) is 0 Å². The molecule has 0 aliphatic rings. The molecule has 2 rings (SSSR count). The number of carbonyl (C=O) groups is 3. The second-order valence-electron chi connectivity index (χ2n) is 5.38. The van der Waals surface area contributed by atoms with Crippen LogP contribution in [-0.4, -0.2) is 36.2 Å². The maximum Gasteiger partial charge on any atom is 0.342 e. The number of hydrogen-bond acceptors (Lipinski definition) is 5. The van der Waals surface area contributed by atoms with Gasteiger partial charge in [-0.2, -0.15) is 0 Å². The zero-order valence-corrected chi connectivity index (χ0v) is 14.1. The van der Waals surface area contributed by atoms with Gasteiger partial charge in [-0.25, -0.2) is 4.79 Å². The zero-order valence-electron chi connectivity index (χ0n) is 14.1. The van der Waals surface area contributed by atoms with Crippen molar-refractivity contribution in [1.29, 1.82) is 0 Å². The summed E-state index contributed by atoms with van der Waals surface area (Å²) in [6, 6.07) is 6.60. The molecule has 0 saturated carbocycles. The van der Waals surface area contributed by atoms with Crippen LogP contribution in [0.3, 0.4) is 0 Å². The zero-order chi connectivity index (χ0) is 17.9. The lowest BCUT2D eigenvalue weighted by molar-refractivity contribution is 0.0470. The Kier molecular flexibility index (Phi) is 5.18. The number of Topliss-reactive ketones (excluding diaryl/α,β-unsaturated/α-hetero) is 2. The Morgan fingerprint density at radius 3 is 2.38 bits per heavy atom. The molecule has 0 amide bonds. The fraction of sp³-hybridized carbons (Fsp3) is 0.278. The Balaban J connectivity index is 2.13. The highest BCUT2D eigenvalue weighted by Gasteiger charge is 2.21. The van der Waals surface area contributed by atoms with Crippen LogP contribution in [0, 0.1) is 13.8 Å².